The van der Waals surface area contributed by atoms with Gasteiger partial charge >= 0.3 is 0 Å². The van der Waals surface area contributed by atoms with Crippen LogP contribution in [0.15, 0.2) is 53.8 Å². The smallest absolute Gasteiger partial charge is 0.222 e. The Morgan fingerprint density at radius 3 is 2.80 bits per heavy atom. The van der Waals surface area contributed by atoms with Gasteiger partial charge in [0.05, 0.1) is 12.2 Å². The van der Waals surface area contributed by atoms with E-state index in [1.807, 2.05) is 18.2 Å². The SMILES string of the molecule is CCC(=O)N(Cc1ccccc1F)CC1CC(c2ccccn2)=NO1. The fourth-order valence-electron chi connectivity index (χ4n) is 2.77. The summed E-state index contributed by atoms with van der Waals surface area (Å²) < 4.78 is 13.9. The van der Waals surface area contributed by atoms with E-state index in [1.165, 1.54) is 6.07 Å². The number of pyridine rings is 1. The van der Waals surface area contributed by atoms with E-state index in [9.17, 15) is 9.18 Å². The minimum Gasteiger partial charge on any atom is -0.390 e. The van der Waals surface area contributed by atoms with Crippen LogP contribution < -0.4 is 0 Å². The van der Waals surface area contributed by atoms with Crippen molar-refractivity contribution in [3.63, 3.8) is 0 Å². The molecule has 0 saturated carbocycles. The van der Waals surface area contributed by atoms with E-state index >= 15 is 0 Å². The first kappa shape index (κ1) is 17.1. The molecule has 0 radical (unpaired) electrons. The minimum absolute atomic E-state index is 0.0434. The summed E-state index contributed by atoms with van der Waals surface area (Å²) >= 11 is 0. The highest BCUT2D eigenvalue weighted by atomic mass is 19.1. The molecular weight excluding hydrogens is 321 g/mol. The Hall–Kier alpha value is -2.76. The Balaban J connectivity index is 1.66. The summed E-state index contributed by atoms with van der Waals surface area (Å²) in [7, 11) is 0. The van der Waals surface area contributed by atoms with Crippen LogP contribution >= 0.6 is 0 Å². The highest BCUT2D eigenvalue weighted by Gasteiger charge is 2.27. The van der Waals surface area contributed by atoms with Crippen LogP contribution in [0.2, 0.25) is 0 Å². The van der Waals surface area contributed by atoms with Gasteiger partial charge in [0.15, 0.2) is 6.10 Å². The normalized spacial score (nSPS) is 16.2. The van der Waals surface area contributed by atoms with Crippen LogP contribution in [0.1, 0.15) is 31.0 Å². The predicted molar refractivity (Wildman–Crippen MR) is 92.4 cm³/mol. The highest BCUT2D eigenvalue weighted by molar-refractivity contribution is 5.99. The van der Waals surface area contributed by atoms with Crippen molar-refractivity contribution in [1.29, 1.82) is 0 Å². The summed E-state index contributed by atoms with van der Waals surface area (Å²) in [4.78, 5) is 23.6. The molecule has 5 nitrogen and oxygen atoms in total. The molecule has 3 rings (SSSR count). The second kappa shape index (κ2) is 7.88. The van der Waals surface area contributed by atoms with Crippen molar-refractivity contribution in [2.24, 2.45) is 5.16 Å². The van der Waals surface area contributed by atoms with E-state index in [0.29, 0.717) is 24.9 Å². The van der Waals surface area contributed by atoms with Gasteiger partial charge in [-0.05, 0) is 18.2 Å². The van der Waals surface area contributed by atoms with Crippen molar-refractivity contribution in [2.45, 2.75) is 32.4 Å². The minimum atomic E-state index is -0.311. The standard InChI is InChI=1S/C19H20FN3O2/c1-2-19(24)23(12-14-7-3-4-8-16(14)20)13-15-11-18(22-25-15)17-9-5-6-10-21-17/h3-10,15H,2,11-13H2,1H3. The number of nitrogens with zero attached hydrogens (tertiary/aromatic N) is 3. The van der Waals surface area contributed by atoms with Gasteiger partial charge in [-0.1, -0.05) is 36.3 Å². The molecule has 0 N–H and O–H groups in total. The lowest BCUT2D eigenvalue weighted by Gasteiger charge is -2.24. The summed E-state index contributed by atoms with van der Waals surface area (Å²) in [6, 6.07) is 12.1. The lowest BCUT2D eigenvalue weighted by atomic mass is 10.1. The third kappa shape index (κ3) is 4.21. The molecule has 2 aromatic rings. The zero-order valence-corrected chi connectivity index (χ0v) is 14.1. The van der Waals surface area contributed by atoms with Gasteiger partial charge in [-0.25, -0.2) is 4.39 Å². The van der Waals surface area contributed by atoms with Crippen molar-refractivity contribution >= 4 is 11.6 Å². The number of aromatic nitrogens is 1. The maximum absolute atomic E-state index is 13.9. The van der Waals surface area contributed by atoms with E-state index in [1.54, 1.807) is 36.2 Å². The number of benzene rings is 1. The number of halogens is 1. The fraction of sp³-hybridized carbons (Fsp3) is 0.316. The second-order valence-electron chi connectivity index (χ2n) is 5.90. The number of carbonyl (C=O) groups is 1. The Morgan fingerprint density at radius 2 is 2.08 bits per heavy atom. The predicted octanol–water partition coefficient (Wildman–Crippen LogP) is 3.15. The summed E-state index contributed by atoms with van der Waals surface area (Å²) in [6.45, 7) is 2.38. The first-order valence-electron chi connectivity index (χ1n) is 8.32. The maximum atomic E-state index is 13.9. The van der Waals surface area contributed by atoms with Crippen LogP contribution in [0.25, 0.3) is 0 Å². The summed E-state index contributed by atoms with van der Waals surface area (Å²) in [5.74, 6) is -0.354. The molecular formula is C19H20FN3O2. The lowest BCUT2D eigenvalue weighted by Crippen LogP contribution is -2.37. The average Bonchev–Trinajstić information content (AvgIpc) is 3.11. The molecule has 0 fully saturated rings. The zero-order valence-electron chi connectivity index (χ0n) is 14.1. The van der Waals surface area contributed by atoms with Crippen LogP contribution in [0.3, 0.4) is 0 Å². The van der Waals surface area contributed by atoms with Crippen LogP contribution in [-0.4, -0.2) is 34.2 Å². The molecule has 0 bridgehead atoms. The second-order valence-corrected chi connectivity index (χ2v) is 5.90. The van der Waals surface area contributed by atoms with Crippen molar-refractivity contribution in [1.82, 2.24) is 9.88 Å². The average molecular weight is 341 g/mol. The van der Waals surface area contributed by atoms with Gasteiger partial charge in [-0.2, -0.15) is 0 Å². The first-order valence-corrected chi connectivity index (χ1v) is 8.32. The number of oxime groups is 1. The largest absolute Gasteiger partial charge is 0.390 e. The summed E-state index contributed by atoms with van der Waals surface area (Å²) in [5.41, 5.74) is 2.03. The Labute approximate surface area is 146 Å². The van der Waals surface area contributed by atoms with Crippen molar-refractivity contribution in [3.8, 4) is 0 Å². The molecule has 1 aromatic carbocycles. The number of carbonyl (C=O) groups excluding carboxylic acids is 1. The lowest BCUT2D eigenvalue weighted by molar-refractivity contribution is -0.133. The number of rotatable bonds is 6. The topological polar surface area (TPSA) is 54.8 Å². The third-order valence-electron chi connectivity index (χ3n) is 4.09. The molecule has 1 amide bonds. The zero-order chi connectivity index (χ0) is 17.6. The van der Waals surface area contributed by atoms with E-state index < -0.39 is 0 Å². The van der Waals surface area contributed by atoms with Gasteiger partial charge in [0.1, 0.15) is 11.5 Å². The molecule has 2 heterocycles. The molecule has 130 valence electrons. The monoisotopic (exact) mass is 341 g/mol. The fourth-order valence-corrected chi connectivity index (χ4v) is 2.77. The third-order valence-corrected chi connectivity index (χ3v) is 4.09. The Bertz CT molecular complexity index is 764. The molecule has 0 aliphatic carbocycles. The molecule has 1 aliphatic heterocycles. The number of hydrogen-bond acceptors (Lipinski definition) is 4. The van der Waals surface area contributed by atoms with Crippen LogP contribution in [0.5, 0.6) is 0 Å². The first-order chi connectivity index (χ1) is 12.2. The molecule has 6 heteroatoms. The van der Waals surface area contributed by atoms with Crippen LogP contribution in [-0.2, 0) is 16.2 Å². The number of amides is 1. The molecule has 1 unspecified atom stereocenters. The van der Waals surface area contributed by atoms with E-state index in [-0.39, 0.29) is 24.4 Å². The molecule has 1 aromatic heterocycles. The Morgan fingerprint density at radius 1 is 1.28 bits per heavy atom. The molecule has 0 spiro atoms. The van der Waals surface area contributed by atoms with Gasteiger partial charge in [0.25, 0.3) is 0 Å². The molecule has 25 heavy (non-hydrogen) atoms. The molecule has 1 aliphatic rings. The van der Waals surface area contributed by atoms with Gasteiger partial charge in [0.2, 0.25) is 5.91 Å². The van der Waals surface area contributed by atoms with Crippen LogP contribution in [0.4, 0.5) is 4.39 Å². The van der Waals surface area contributed by atoms with Crippen LogP contribution in [0, 0.1) is 5.82 Å². The van der Waals surface area contributed by atoms with Gasteiger partial charge in [-0.3, -0.25) is 9.78 Å². The molecule has 1 atom stereocenters. The van der Waals surface area contributed by atoms with E-state index in [0.717, 1.165) is 11.4 Å². The van der Waals surface area contributed by atoms with Crippen molar-refractivity contribution in [3.05, 3.63) is 65.7 Å². The van der Waals surface area contributed by atoms with Gasteiger partial charge < -0.3 is 9.74 Å². The molecule has 0 saturated heterocycles. The number of hydrogen-bond donors (Lipinski definition) is 0. The quantitative estimate of drug-likeness (QED) is 0.811. The highest BCUT2D eigenvalue weighted by Crippen LogP contribution is 2.18. The summed E-state index contributed by atoms with van der Waals surface area (Å²) in [5, 5.41) is 4.09. The van der Waals surface area contributed by atoms with E-state index in [2.05, 4.69) is 10.1 Å². The van der Waals surface area contributed by atoms with Gasteiger partial charge in [0, 0.05) is 31.1 Å². The maximum Gasteiger partial charge on any atom is 0.222 e. The Kier molecular flexibility index (Phi) is 5.38. The summed E-state index contributed by atoms with van der Waals surface area (Å²) in [6.07, 6.45) is 2.38. The van der Waals surface area contributed by atoms with E-state index in [4.69, 9.17) is 4.84 Å². The van der Waals surface area contributed by atoms with Crippen molar-refractivity contribution in [2.75, 3.05) is 6.54 Å². The van der Waals surface area contributed by atoms with Crippen molar-refractivity contribution < 1.29 is 14.0 Å². The van der Waals surface area contributed by atoms with Gasteiger partial charge in [-0.15, -0.1) is 0 Å².